The molecule has 0 fully saturated rings. The van der Waals surface area contributed by atoms with Crippen LogP contribution in [-0.2, 0) is 6.54 Å². The molecule has 18 heavy (non-hydrogen) atoms. The highest BCUT2D eigenvalue weighted by atomic mass is 16.5. The summed E-state index contributed by atoms with van der Waals surface area (Å²) in [6, 6.07) is 4.74. The normalized spacial score (nSPS) is 10.3. The van der Waals surface area contributed by atoms with Gasteiger partial charge in [0.05, 0.1) is 18.2 Å². The fourth-order valence-electron chi connectivity index (χ4n) is 1.82. The average Bonchev–Trinajstić information content (AvgIpc) is 2.85. The first-order valence-corrected chi connectivity index (χ1v) is 5.60. The first kappa shape index (κ1) is 12.2. The number of carboxylic acid groups (broad SMARTS) is 1. The van der Waals surface area contributed by atoms with Gasteiger partial charge in [-0.25, -0.2) is 9.78 Å². The lowest BCUT2D eigenvalue weighted by Crippen LogP contribution is -2.01. The lowest BCUT2D eigenvalue weighted by molar-refractivity contribution is 0.0697. The molecule has 0 unspecified atom stereocenters. The van der Waals surface area contributed by atoms with E-state index in [4.69, 9.17) is 9.84 Å². The number of imidazole rings is 1. The van der Waals surface area contributed by atoms with E-state index in [0.717, 1.165) is 6.54 Å². The highest BCUT2D eigenvalue weighted by Crippen LogP contribution is 2.29. The van der Waals surface area contributed by atoms with Crippen LogP contribution in [0, 0.1) is 0 Å². The van der Waals surface area contributed by atoms with E-state index in [-0.39, 0.29) is 5.56 Å². The lowest BCUT2D eigenvalue weighted by atomic mass is 10.1. The molecule has 0 amide bonds. The minimum atomic E-state index is -0.964. The van der Waals surface area contributed by atoms with Crippen LogP contribution in [0.3, 0.4) is 0 Å². The molecule has 0 saturated heterocycles. The molecule has 5 nitrogen and oxygen atoms in total. The Balaban J connectivity index is 2.60. The Bertz CT molecular complexity index is 575. The molecule has 0 aliphatic carbocycles. The zero-order chi connectivity index (χ0) is 13.1. The number of ether oxygens (including phenoxy) is 1. The number of benzene rings is 1. The van der Waals surface area contributed by atoms with E-state index < -0.39 is 5.97 Å². The summed E-state index contributed by atoms with van der Waals surface area (Å²) < 4.78 is 7.19. The fraction of sp³-hybridized carbons (Fsp3) is 0.231. The van der Waals surface area contributed by atoms with Gasteiger partial charge >= 0.3 is 5.97 Å². The van der Waals surface area contributed by atoms with Gasteiger partial charge in [0.2, 0.25) is 0 Å². The molecule has 5 heteroatoms. The van der Waals surface area contributed by atoms with Gasteiger partial charge < -0.3 is 14.4 Å². The molecule has 0 aliphatic heterocycles. The number of nitrogens with zero attached hydrogens (tertiary/aromatic N) is 2. The Morgan fingerprint density at radius 2 is 2.28 bits per heavy atom. The van der Waals surface area contributed by atoms with Crippen molar-refractivity contribution in [3.8, 4) is 17.1 Å². The van der Waals surface area contributed by atoms with Crippen LogP contribution in [0.25, 0.3) is 11.4 Å². The quantitative estimate of drug-likeness (QED) is 0.898. The van der Waals surface area contributed by atoms with Crippen LogP contribution in [-0.4, -0.2) is 27.7 Å². The molecule has 0 bridgehead atoms. The fourth-order valence-corrected chi connectivity index (χ4v) is 1.82. The summed E-state index contributed by atoms with van der Waals surface area (Å²) in [5.41, 5.74) is 0.903. The predicted octanol–water partition coefficient (Wildman–Crippen LogP) is 2.28. The Morgan fingerprint density at radius 3 is 2.89 bits per heavy atom. The molecule has 1 aromatic heterocycles. The summed E-state index contributed by atoms with van der Waals surface area (Å²) in [4.78, 5) is 15.3. The van der Waals surface area contributed by atoms with Crippen molar-refractivity contribution in [3.05, 3.63) is 36.2 Å². The second-order valence-corrected chi connectivity index (χ2v) is 3.76. The van der Waals surface area contributed by atoms with Crippen molar-refractivity contribution in [2.45, 2.75) is 13.5 Å². The largest absolute Gasteiger partial charge is 0.496 e. The molecular weight excluding hydrogens is 232 g/mol. The van der Waals surface area contributed by atoms with Gasteiger partial charge in [-0.15, -0.1) is 0 Å². The maximum atomic E-state index is 11.0. The van der Waals surface area contributed by atoms with Crippen LogP contribution in [0.4, 0.5) is 0 Å². The zero-order valence-corrected chi connectivity index (χ0v) is 10.3. The summed E-state index contributed by atoms with van der Waals surface area (Å²) in [6.45, 7) is 2.76. The number of rotatable bonds is 4. The predicted molar refractivity (Wildman–Crippen MR) is 66.8 cm³/mol. The van der Waals surface area contributed by atoms with E-state index in [2.05, 4.69) is 4.98 Å². The van der Waals surface area contributed by atoms with Crippen molar-refractivity contribution in [3.63, 3.8) is 0 Å². The molecule has 94 valence electrons. The van der Waals surface area contributed by atoms with Gasteiger partial charge in [0.25, 0.3) is 0 Å². The standard InChI is InChI=1S/C13H14N2O3/c1-3-15-7-6-14-12(15)10-8-9(13(16)17)4-5-11(10)18-2/h4-8H,3H2,1-2H3,(H,16,17). The molecule has 0 radical (unpaired) electrons. The van der Waals surface area contributed by atoms with Gasteiger partial charge in [0.15, 0.2) is 0 Å². The number of hydrogen-bond donors (Lipinski definition) is 1. The van der Waals surface area contributed by atoms with E-state index in [1.165, 1.54) is 6.07 Å². The number of aryl methyl sites for hydroxylation is 1. The summed E-state index contributed by atoms with van der Waals surface area (Å²) >= 11 is 0. The van der Waals surface area contributed by atoms with E-state index in [0.29, 0.717) is 17.1 Å². The average molecular weight is 246 g/mol. The molecule has 1 heterocycles. The second kappa shape index (κ2) is 4.91. The Kier molecular flexibility index (Phi) is 3.32. The molecule has 0 atom stereocenters. The van der Waals surface area contributed by atoms with Gasteiger partial charge in [-0.3, -0.25) is 0 Å². The summed E-state index contributed by atoms with van der Waals surface area (Å²) in [6.07, 6.45) is 3.54. The molecule has 2 rings (SSSR count). The van der Waals surface area contributed by atoms with Gasteiger partial charge in [0, 0.05) is 18.9 Å². The van der Waals surface area contributed by atoms with Crippen LogP contribution in [0.2, 0.25) is 0 Å². The maximum absolute atomic E-state index is 11.0. The van der Waals surface area contributed by atoms with Crippen LogP contribution >= 0.6 is 0 Å². The third-order valence-electron chi connectivity index (χ3n) is 2.74. The van der Waals surface area contributed by atoms with E-state index in [9.17, 15) is 4.79 Å². The number of carbonyl (C=O) groups is 1. The highest BCUT2D eigenvalue weighted by Gasteiger charge is 2.14. The number of methoxy groups -OCH3 is 1. The van der Waals surface area contributed by atoms with Crippen LogP contribution in [0.15, 0.2) is 30.6 Å². The van der Waals surface area contributed by atoms with Gasteiger partial charge in [0.1, 0.15) is 11.6 Å². The van der Waals surface area contributed by atoms with Crippen molar-refractivity contribution in [1.29, 1.82) is 0 Å². The summed E-state index contributed by atoms with van der Waals surface area (Å²) in [5, 5.41) is 9.03. The molecular formula is C13H14N2O3. The van der Waals surface area contributed by atoms with Crippen LogP contribution in [0.5, 0.6) is 5.75 Å². The first-order chi connectivity index (χ1) is 8.67. The van der Waals surface area contributed by atoms with Crippen molar-refractivity contribution in [2.24, 2.45) is 0 Å². The maximum Gasteiger partial charge on any atom is 0.335 e. The third kappa shape index (κ3) is 2.07. The van der Waals surface area contributed by atoms with Gasteiger partial charge in [-0.05, 0) is 25.1 Å². The zero-order valence-electron chi connectivity index (χ0n) is 10.3. The summed E-state index contributed by atoms with van der Waals surface area (Å²) in [7, 11) is 1.55. The SMILES string of the molecule is CCn1ccnc1-c1cc(C(=O)O)ccc1OC. The Labute approximate surface area is 105 Å². The third-order valence-corrected chi connectivity index (χ3v) is 2.74. The second-order valence-electron chi connectivity index (χ2n) is 3.76. The van der Waals surface area contributed by atoms with Crippen LogP contribution < -0.4 is 4.74 Å². The molecule has 0 saturated carbocycles. The topological polar surface area (TPSA) is 64.4 Å². The number of hydrogen-bond acceptors (Lipinski definition) is 3. The number of aromatic nitrogens is 2. The minimum Gasteiger partial charge on any atom is -0.496 e. The highest BCUT2D eigenvalue weighted by molar-refractivity contribution is 5.90. The molecule has 2 aromatic rings. The Hall–Kier alpha value is -2.30. The molecule has 1 aromatic carbocycles. The smallest absolute Gasteiger partial charge is 0.335 e. The van der Waals surface area contributed by atoms with Crippen molar-refractivity contribution in [1.82, 2.24) is 9.55 Å². The van der Waals surface area contributed by atoms with Gasteiger partial charge in [-0.1, -0.05) is 0 Å². The van der Waals surface area contributed by atoms with Crippen LogP contribution in [0.1, 0.15) is 17.3 Å². The van der Waals surface area contributed by atoms with E-state index in [1.54, 1.807) is 25.4 Å². The molecule has 1 N–H and O–H groups in total. The lowest BCUT2D eigenvalue weighted by Gasteiger charge is -2.10. The van der Waals surface area contributed by atoms with Gasteiger partial charge in [-0.2, -0.15) is 0 Å². The first-order valence-electron chi connectivity index (χ1n) is 5.60. The number of carboxylic acids is 1. The van der Waals surface area contributed by atoms with Crippen molar-refractivity contribution < 1.29 is 14.6 Å². The summed E-state index contributed by atoms with van der Waals surface area (Å²) in [5.74, 6) is 0.354. The number of aromatic carboxylic acids is 1. The molecule has 0 aliphatic rings. The molecule has 0 spiro atoms. The minimum absolute atomic E-state index is 0.219. The van der Waals surface area contributed by atoms with E-state index >= 15 is 0 Å². The Morgan fingerprint density at radius 1 is 1.50 bits per heavy atom. The van der Waals surface area contributed by atoms with Crippen molar-refractivity contribution in [2.75, 3.05) is 7.11 Å². The van der Waals surface area contributed by atoms with Crippen molar-refractivity contribution >= 4 is 5.97 Å². The van der Waals surface area contributed by atoms with E-state index in [1.807, 2.05) is 17.7 Å². The monoisotopic (exact) mass is 246 g/mol.